The molecule has 3 unspecified atom stereocenters. The molecule has 0 saturated carbocycles. The summed E-state index contributed by atoms with van der Waals surface area (Å²) in [6.45, 7) is 7.51. The molecule has 1 aromatic carbocycles. The van der Waals surface area contributed by atoms with Crippen LogP contribution in [0.2, 0.25) is 0 Å². The average molecular weight is 274 g/mol. The zero-order chi connectivity index (χ0) is 14.5. The molecular weight excluding hydrogens is 248 g/mol. The van der Waals surface area contributed by atoms with Crippen molar-refractivity contribution in [3.05, 3.63) is 35.4 Å². The summed E-state index contributed by atoms with van der Waals surface area (Å²) in [7, 11) is 0. The minimum absolute atomic E-state index is 0.165. The van der Waals surface area contributed by atoms with Crippen LogP contribution in [0.4, 0.5) is 0 Å². The fraction of sp³-hybridized carbons (Fsp3) is 0.588. The van der Waals surface area contributed by atoms with E-state index < -0.39 is 0 Å². The lowest BCUT2D eigenvalue weighted by Gasteiger charge is -2.36. The van der Waals surface area contributed by atoms with Gasteiger partial charge in [-0.25, -0.2) is 0 Å². The Hall–Kier alpha value is -1.35. The van der Waals surface area contributed by atoms with Gasteiger partial charge in [0.1, 0.15) is 0 Å². The lowest BCUT2D eigenvalue weighted by Crippen LogP contribution is -2.55. The number of carbonyl (C=O) groups excluding carboxylic acids is 1. The van der Waals surface area contributed by atoms with Crippen LogP contribution in [0, 0.1) is 12.8 Å². The summed E-state index contributed by atoms with van der Waals surface area (Å²) < 4.78 is 0. The van der Waals surface area contributed by atoms with Gasteiger partial charge in [-0.15, -0.1) is 0 Å². The van der Waals surface area contributed by atoms with E-state index in [4.69, 9.17) is 0 Å². The SMILES string of the molecule is Cc1ccc(CCC(=O)NC2C(C)CCNC2C)cc1. The highest BCUT2D eigenvalue weighted by atomic mass is 16.1. The smallest absolute Gasteiger partial charge is 0.220 e. The van der Waals surface area contributed by atoms with Gasteiger partial charge in [0.05, 0.1) is 0 Å². The quantitative estimate of drug-likeness (QED) is 0.885. The van der Waals surface area contributed by atoms with Gasteiger partial charge in [-0.2, -0.15) is 0 Å². The maximum Gasteiger partial charge on any atom is 0.220 e. The fourth-order valence-corrected chi connectivity index (χ4v) is 2.88. The molecule has 1 saturated heterocycles. The maximum absolute atomic E-state index is 12.1. The van der Waals surface area contributed by atoms with Crippen molar-refractivity contribution in [1.29, 1.82) is 0 Å². The second kappa shape index (κ2) is 6.89. The molecule has 110 valence electrons. The molecular formula is C17H26N2O. The van der Waals surface area contributed by atoms with E-state index in [-0.39, 0.29) is 11.9 Å². The Balaban J connectivity index is 1.81. The van der Waals surface area contributed by atoms with E-state index in [1.807, 2.05) is 0 Å². The molecule has 0 spiro atoms. The molecule has 1 amide bonds. The van der Waals surface area contributed by atoms with Crippen LogP contribution in [0.5, 0.6) is 0 Å². The van der Waals surface area contributed by atoms with Crippen LogP contribution in [0.1, 0.15) is 37.8 Å². The molecule has 0 aliphatic carbocycles. The Morgan fingerprint density at radius 2 is 2.00 bits per heavy atom. The molecule has 2 rings (SSSR count). The number of amides is 1. The summed E-state index contributed by atoms with van der Waals surface area (Å²) in [4.78, 5) is 12.1. The van der Waals surface area contributed by atoms with Crippen molar-refractivity contribution >= 4 is 5.91 Å². The first-order valence-corrected chi connectivity index (χ1v) is 7.64. The number of nitrogens with one attached hydrogen (secondary N) is 2. The van der Waals surface area contributed by atoms with Crippen molar-refractivity contribution in [3.63, 3.8) is 0 Å². The van der Waals surface area contributed by atoms with Crippen LogP contribution in [0.15, 0.2) is 24.3 Å². The average Bonchev–Trinajstić information content (AvgIpc) is 2.42. The zero-order valence-electron chi connectivity index (χ0n) is 12.8. The van der Waals surface area contributed by atoms with Gasteiger partial charge in [-0.05, 0) is 44.7 Å². The molecule has 1 aliphatic rings. The Morgan fingerprint density at radius 3 is 2.65 bits per heavy atom. The summed E-state index contributed by atoms with van der Waals surface area (Å²) >= 11 is 0. The molecule has 2 N–H and O–H groups in total. The molecule has 1 aromatic rings. The van der Waals surface area contributed by atoms with Gasteiger partial charge in [0, 0.05) is 18.5 Å². The van der Waals surface area contributed by atoms with Gasteiger partial charge in [-0.3, -0.25) is 4.79 Å². The second-order valence-corrected chi connectivity index (χ2v) is 6.09. The van der Waals surface area contributed by atoms with Crippen molar-refractivity contribution in [3.8, 4) is 0 Å². The Morgan fingerprint density at radius 1 is 1.30 bits per heavy atom. The number of benzene rings is 1. The third-order valence-corrected chi connectivity index (χ3v) is 4.31. The second-order valence-electron chi connectivity index (χ2n) is 6.09. The molecule has 3 heteroatoms. The first kappa shape index (κ1) is 15.0. The third-order valence-electron chi connectivity index (χ3n) is 4.31. The van der Waals surface area contributed by atoms with E-state index in [0.29, 0.717) is 18.4 Å². The van der Waals surface area contributed by atoms with Crippen LogP contribution in [0.25, 0.3) is 0 Å². The van der Waals surface area contributed by atoms with E-state index >= 15 is 0 Å². The van der Waals surface area contributed by atoms with Gasteiger partial charge < -0.3 is 10.6 Å². The largest absolute Gasteiger partial charge is 0.352 e. The predicted octanol–water partition coefficient (Wildman–Crippen LogP) is 2.43. The topological polar surface area (TPSA) is 41.1 Å². The predicted molar refractivity (Wildman–Crippen MR) is 82.7 cm³/mol. The Labute approximate surface area is 122 Å². The summed E-state index contributed by atoms with van der Waals surface area (Å²) in [6.07, 6.45) is 2.52. The molecule has 0 radical (unpaired) electrons. The number of rotatable bonds is 4. The lowest BCUT2D eigenvalue weighted by molar-refractivity contribution is -0.122. The monoisotopic (exact) mass is 274 g/mol. The highest BCUT2D eigenvalue weighted by molar-refractivity contribution is 5.76. The lowest BCUT2D eigenvalue weighted by atomic mass is 9.89. The molecule has 0 aromatic heterocycles. The normalized spacial score (nSPS) is 26.2. The maximum atomic E-state index is 12.1. The van der Waals surface area contributed by atoms with E-state index in [9.17, 15) is 4.79 Å². The molecule has 0 bridgehead atoms. The highest BCUT2D eigenvalue weighted by Gasteiger charge is 2.28. The number of aryl methyl sites for hydroxylation is 2. The summed E-state index contributed by atoms with van der Waals surface area (Å²) in [5, 5.41) is 6.63. The van der Waals surface area contributed by atoms with Gasteiger partial charge in [0.15, 0.2) is 0 Å². The fourth-order valence-electron chi connectivity index (χ4n) is 2.88. The van der Waals surface area contributed by atoms with Crippen molar-refractivity contribution in [2.24, 2.45) is 5.92 Å². The first-order valence-electron chi connectivity index (χ1n) is 7.64. The molecule has 3 nitrogen and oxygen atoms in total. The van der Waals surface area contributed by atoms with Gasteiger partial charge >= 0.3 is 0 Å². The number of hydrogen-bond donors (Lipinski definition) is 2. The number of hydrogen-bond acceptors (Lipinski definition) is 2. The summed E-state index contributed by atoms with van der Waals surface area (Å²) in [5.41, 5.74) is 2.49. The summed E-state index contributed by atoms with van der Waals surface area (Å²) in [5.74, 6) is 0.715. The first-order chi connectivity index (χ1) is 9.56. The van der Waals surface area contributed by atoms with Gasteiger partial charge in [-0.1, -0.05) is 36.8 Å². The van der Waals surface area contributed by atoms with Crippen molar-refractivity contribution in [2.75, 3.05) is 6.54 Å². The van der Waals surface area contributed by atoms with Crippen molar-refractivity contribution < 1.29 is 4.79 Å². The standard InChI is InChI=1S/C17H26N2O/c1-12-4-6-15(7-5-12)8-9-16(20)19-17-13(2)10-11-18-14(17)3/h4-7,13-14,17-18H,8-11H2,1-3H3,(H,19,20). The molecule has 1 heterocycles. The molecule has 3 atom stereocenters. The third kappa shape index (κ3) is 4.07. The Kier molecular flexibility index (Phi) is 5.18. The molecule has 1 fully saturated rings. The highest BCUT2D eigenvalue weighted by Crippen LogP contribution is 2.16. The number of carbonyl (C=O) groups is 1. The van der Waals surface area contributed by atoms with Crippen LogP contribution >= 0.6 is 0 Å². The van der Waals surface area contributed by atoms with Crippen LogP contribution in [-0.4, -0.2) is 24.5 Å². The molecule has 20 heavy (non-hydrogen) atoms. The van der Waals surface area contributed by atoms with Crippen molar-refractivity contribution in [2.45, 2.75) is 52.1 Å². The van der Waals surface area contributed by atoms with Crippen molar-refractivity contribution in [1.82, 2.24) is 10.6 Å². The summed E-state index contributed by atoms with van der Waals surface area (Å²) in [6, 6.07) is 9.04. The van der Waals surface area contributed by atoms with Gasteiger partial charge in [0.2, 0.25) is 5.91 Å². The van der Waals surface area contributed by atoms with E-state index in [1.165, 1.54) is 11.1 Å². The van der Waals surface area contributed by atoms with E-state index in [2.05, 4.69) is 55.7 Å². The van der Waals surface area contributed by atoms with Gasteiger partial charge in [0.25, 0.3) is 0 Å². The molecule has 1 aliphatic heterocycles. The van der Waals surface area contributed by atoms with Crippen LogP contribution < -0.4 is 10.6 Å². The van der Waals surface area contributed by atoms with Crippen LogP contribution in [-0.2, 0) is 11.2 Å². The minimum atomic E-state index is 0.165. The number of piperidine rings is 1. The zero-order valence-corrected chi connectivity index (χ0v) is 12.8. The van der Waals surface area contributed by atoms with E-state index in [1.54, 1.807) is 0 Å². The Bertz CT molecular complexity index is 431. The van der Waals surface area contributed by atoms with E-state index in [0.717, 1.165) is 19.4 Å². The minimum Gasteiger partial charge on any atom is -0.352 e. The van der Waals surface area contributed by atoms with Crippen LogP contribution in [0.3, 0.4) is 0 Å².